The van der Waals surface area contributed by atoms with Crippen LogP contribution >= 0.6 is 27.5 Å². The molecule has 5 heteroatoms. The first-order chi connectivity index (χ1) is 7.54. The fourth-order valence-corrected chi connectivity index (χ4v) is 2.59. The molecule has 0 aliphatic carbocycles. The van der Waals surface area contributed by atoms with Crippen molar-refractivity contribution in [3.05, 3.63) is 21.6 Å². The molecule has 2 nitrogen and oxygen atoms in total. The average Bonchev–Trinajstić information content (AvgIpc) is 2.12. The predicted molar refractivity (Wildman–Crippen MR) is 81.4 cm³/mol. The molecule has 0 amide bonds. The smallest absolute Gasteiger partial charge is 0.250 e. The van der Waals surface area contributed by atoms with Crippen LogP contribution in [0.5, 0.6) is 5.75 Å². The second kappa shape index (κ2) is 4.82. The topological polar surface area (TPSA) is 35.2 Å². The Bertz CT molecular complexity index is 429. The monoisotopic (exact) mass is 335 g/mol. The van der Waals surface area contributed by atoms with Gasteiger partial charge in [0.05, 0.1) is 10.7 Å². The second-order valence-corrected chi connectivity index (χ2v) is 11.7. The van der Waals surface area contributed by atoms with E-state index in [0.29, 0.717) is 16.5 Å². The summed E-state index contributed by atoms with van der Waals surface area (Å²) in [6.07, 6.45) is 0. The predicted octanol–water partition coefficient (Wildman–Crippen LogP) is 5.07. The summed E-state index contributed by atoms with van der Waals surface area (Å²) in [5.74, 6) is 0.716. The van der Waals surface area contributed by atoms with Gasteiger partial charge in [-0.25, -0.2) is 0 Å². The summed E-state index contributed by atoms with van der Waals surface area (Å²) in [5.41, 5.74) is 6.52. The summed E-state index contributed by atoms with van der Waals surface area (Å²) in [7, 11) is -1.86. The molecule has 96 valence electrons. The van der Waals surface area contributed by atoms with Gasteiger partial charge in [0.25, 0.3) is 8.32 Å². The van der Waals surface area contributed by atoms with Crippen molar-refractivity contribution in [3.8, 4) is 5.75 Å². The third-order valence-corrected chi connectivity index (χ3v) is 8.76. The van der Waals surface area contributed by atoms with Crippen LogP contribution in [0.15, 0.2) is 16.6 Å². The SMILES string of the molecule is CC(C)(C)[Si](C)(C)Oc1cc(Br)c(Cl)cc1N. The number of rotatable bonds is 2. The molecule has 17 heavy (non-hydrogen) atoms. The number of nitrogen functional groups attached to an aromatic ring is 1. The summed E-state index contributed by atoms with van der Waals surface area (Å²) < 4.78 is 6.97. The number of nitrogens with two attached hydrogens (primary N) is 1. The van der Waals surface area contributed by atoms with Crippen LogP contribution in [0.25, 0.3) is 0 Å². The van der Waals surface area contributed by atoms with Gasteiger partial charge in [-0.15, -0.1) is 0 Å². The molecule has 1 aromatic carbocycles. The van der Waals surface area contributed by atoms with E-state index in [4.69, 9.17) is 21.8 Å². The summed E-state index contributed by atoms with van der Waals surface area (Å²) in [5, 5.41) is 0.746. The number of halogens is 2. The number of anilines is 1. The highest BCUT2D eigenvalue weighted by molar-refractivity contribution is 9.10. The van der Waals surface area contributed by atoms with Gasteiger partial charge in [-0.3, -0.25) is 0 Å². The lowest BCUT2D eigenvalue weighted by Gasteiger charge is -2.36. The van der Waals surface area contributed by atoms with Gasteiger partial charge in [0.2, 0.25) is 0 Å². The molecular weight excluding hydrogens is 318 g/mol. The molecule has 0 spiro atoms. The van der Waals surface area contributed by atoms with Gasteiger partial charge in [-0.2, -0.15) is 0 Å². The molecule has 0 unspecified atom stereocenters. The molecular formula is C12H19BrClNOSi. The van der Waals surface area contributed by atoms with Crippen molar-refractivity contribution in [2.45, 2.75) is 38.9 Å². The lowest BCUT2D eigenvalue weighted by molar-refractivity contribution is 0.494. The van der Waals surface area contributed by atoms with E-state index in [-0.39, 0.29) is 5.04 Å². The largest absolute Gasteiger partial charge is 0.542 e. The molecule has 0 saturated heterocycles. The van der Waals surface area contributed by atoms with Crippen molar-refractivity contribution in [1.82, 2.24) is 0 Å². The zero-order chi connectivity index (χ0) is 13.4. The van der Waals surface area contributed by atoms with E-state index in [2.05, 4.69) is 49.8 Å². The van der Waals surface area contributed by atoms with Crippen molar-refractivity contribution in [1.29, 1.82) is 0 Å². The van der Waals surface area contributed by atoms with Crippen molar-refractivity contribution in [3.63, 3.8) is 0 Å². The molecule has 1 rings (SSSR count). The van der Waals surface area contributed by atoms with Crippen molar-refractivity contribution in [2.75, 3.05) is 5.73 Å². The van der Waals surface area contributed by atoms with E-state index in [1.54, 1.807) is 6.07 Å². The molecule has 0 aliphatic rings. The standard InChI is InChI=1S/C12H19BrClNOSi/c1-12(2,3)17(4,5)16-11-6-8(13)9(14)7-10(11)15/h6-7H,15H2,1-5H3. The Morgan fingerprint density at radius 3 is 2.29 bits per heavy atom. The first kappa shape index (κ1) is 14.9. The van der Waals surface area contributed by atoms with Crippen LogP contribution in [-0.2, 0) is 0 Å². The minimum Gasteiger partial charge on any atom is -0.542 e. The highest BCUT2D eigenvalue weighted by Gasteiger charge is 2.39. The third kappa shape index (κ3) is 3.39. The lowest BCUT2D eigenvalue weighted by Crippen LogP contribution is -2.44. The minimum absolute atomic E-state index is 0.144. The molecule has 1 aromatic rings. The Morgan fingerprint density at radius 2 is 1.82 bits per heavy atom. The average molecular weight is 337 g/mol. The fraction of sp³-hybridized carbons (Fsp3) is 0.500. The molecule has 0 radical (unpaired) electrons. The fourth-order valence-electron chi connectivity index (χ4n) is 1.06. The molecule has 0 heterocycles. The second-order valence-electron chi connectivity index (χ2n) is 5.67. The first-order valence-corrected chi connectivity index (χ1v) is 9.56. The number of benzene rings is 1. The van der Waals surface area contributed by atoms with Crippen molar-refractivity contribution < 1.29 is 4.43 Å². The Morgan fingerprint density at radius 1 is 1.29 bits per heavy atom. The van der Waals surface area contributed by atoms with E-state index in [1.807, 2.05) is 6.07 Å². The minimum atomic E-state index is -1.86. The zero-order valence-corrected chi connectivity index (χ0v) is 14.2. The number of hydrogen-bond acceptors (Lipinski definition) is 2. The molecule has 0 atom stereocenters. The van der Waals surface area contributed by atoms with E-state index in [9.17, 15) is 0 Å². The maximum absolute atomic E-state index is 6.16. The molecule has 0 saturated carbocycles. The van der Waals surface area contributed by atoms with Gasteiger partial charge in [0.1, 0.15) is 5.75 Å². The molecule has 0 aliphatic heterocycles. The van der Waals surface area contributed by atoms with E-state index < -0.39 is 8.32 Å². The van der Waals surface area contributed by atoms with Crippen LogP contribution < -0.4 is 10.2 Å². The van der Waals surface area contributed by atoms with Crippen LogP contribution in [0.4, 0.5) is 5.69 Å². The Hall–Kier alpha value is -0.193. The summed E-state index contributed by atoms with van der Waals surface area (Å²) in [4.78, 5) is 0. The quantitative estimate of drug-likeness (QED) is 0.604. The van der Waals surface area contributed by atoms with E-state index in [1.165, 1.54) is 0 Å². The van der Waals surface area contributed by atoms with Crippen LogP contribution in [-0.4, -0.2) is 8.32 Å². The van der Waals surface area contributed by atoms with Crippen LogP contribution in [0.2, 0.25) is 23.2 Å². The highest BCUT2D eigenvalue weighted by Crippen LogP contribution is 2.40. The summed E-state index contributed by atoms with van der Waals surface area (Å²) >= 11 is 9.36. The van der Waals surface area contributed by atoms with Crippen LogP contribution in [0, 0.1) is 0 Å². The summed E-state index contributed by atoms with van der Waals surface area (Å²) in [6.45, 7) is 11.0. The number of hydrogen-bond donors (Lipinski definition) is 1. The van der Waals surface area contributed by atoms with Gasteiger partial charge in [0.15, 0.2) is 0 Å². The van der Waals surface area contributed by atoms with Crippen molar-refractivity contribution in [2.24, 2.45) is 0 Å². The Labute approximate surface area is 118 Å². The van der Waals surface area contributed by atoms with Crippen molar-refractivity contribution >= 4 is 41.5 Å². The molecule has 2 N–H and O–H groups in total. The van der Waals surface area contributed by atoms with Crippen LogP contribution in [0.1, 0.15) is 20.8 Å². The summed E-state index contributed by atoms with van der Waals surface area (Å²) in [6, 6.07) is 3.56. The zero-order valence-electron chi connectivity index (χ0n) is 10.9. The van der Waals surface area contributed by atoms with Gasteiger partial charge in [-0.1, -0.05) is 32.4 Å². The molecule has 0 fully saturated rings. The van der Waals surface area contributed by atoms with Gasteiger partial charge >= 0.3 is 0 Å². The first-order valence-electron chi connectivity index (χ1n) is 5.48. The van der Waals surface area contributed by atoms with Gasteiger partial charge in [0, 0.05) is 4.47 Å². The van der Waals surface area contributed by atoms with E-state index >= 15 is 0 Å². The Balaban J connectivity index is 3.08. The maximum Gasteiger partial charge on any atom is 0.250 e. The molecule has 0 aromatic heterocycles. The lowest BCUT2D eigenvalue weighted by atomic mass is 10.2. The third-order valence-electron chi connectivity index (χ3n) is 3.22. The van der Waals surface area contributed by atoms with Gasteiger partial charge in [-0.05, 0) is 46.2 Å². The Kier molecular flexibility index (Phi) is 4.22. The highest BCUT2D eigenvalue weighted by atomic mass is 79.9. The van der Waals surface area contributed by atoms with Crippen LogP contribution in [0.3, 0.4) is 0 Å². The molecule has 0 bridgehead atoms. The van der Waals surface area contributed by atoms with Gasteiger partial charge < -0.3 is 10.2 Å². The van der Waals surface area contributed by atoms with E-state index in [0.717, 1.165) is 4.47 Å². The normalized spacial score (nSPS) is 12.6. The maximum atomic E-state index is 6.16.